The Morgan fingerprint density at radius 3 is 2.67 bits per heavy atom. The lowest BCUT2D eigenvalue weighted by atomic mass is 10.1. The van der Waals surface area contributed by atoms with E-state index in [0.717, 1.165) is 11.0 Å². The molecular weight excluding hydrogens is 230 g/mol. The first kappa shape index (κ1) is 12.4. The number of imidazole rings is 1. The van der Waals surface area contributed by atoms with Crippen molar-refractivity contribution in [1.82, 2.24) is 9.55 Å². The van der Waals surface area contributed by atoms with Gasteiger partial charge in [-0.15, -0.1) is 0 Å². The summed E-state index contributed by atoms with van der Waals surface area (Å²) in [5.41, 5.74) is 7.30. The molecule has 1 heterocycles. The molecule has 0 aliphatic carbocycles. The summed E-state index contributed by atoms with van der Waals surface area (Å²) >= 11 is 0. The van der Waals surface area contributed by atoms with Gasteiger partial charge in [-0.3, -0.25) is 0 Å². The topological polar surface area (TPSA) is 70.1 Å². The number of nitrogens with zero attached hydrogens (tertiary/aromatic N) is 2. The Balaban J connectivity index is 2.41. The molecule has 2 rings (SSSR count). The lowest BCUT2D eigenvalue weighted by molar-refractivity contribution is 0.00697. The van der Waals surface area contributed by atoms with Gasteiger partial charge in [0.25, 0.3) is 0 Å². The zero-order chi connectivity index (χ0) is 13.5. The van der Waals surface area contributed by atoms with Crippen LogP contribution in [0.2, 0.25) is 0 Å². The fraction of sp³-hybridized carbons (Fsp3) is 0.385. The summed E-state index contributed by atoms with van der Waals surface area (Å²) in [7, 11) is 1.81. The highest BCUT2D eigenvalue weighted by Crippen LogP contribution is 2.19. The lowest BCUT2D eigenvalue weighted by Gasteiger charge is -2.19. The van der Waals surface area contributed by atoms with E-state index in [1.54, 1.807) is 22.8 Å². The first-order valence-electron chi connectivity index (χ1n) is 5.73. The maximum Gasteiger partial charge on any atom is 0.338 e. The molecule has 0 aliphatic heterocycles. The predicted octanol–water partition coefficient (Wildman–Crippen LogP) is 2.11. The Morgan fingerprint density at radius 2 is 2.06 bits per heavy atom. The number of fused-ring (bicyclic) bond motifs is 1. The Hall–Kier alpha value is -2.04. The summed E-state index contributed by atoms with van der Waals surface area (Å²) in [6.07, 6.45) is 0. The molecule has 1 aromatic carbocycles. The van der Waals surface area contributed by atoms with Gasteiger partial charge in [-0.1, -0.05) is 0 Å². The predicted molar refractivity (Wildman–Crippen MR) is 70.3 cm³/mol. The highest BCUT2D eigenvalue weighted by molar-refractivity contribution is 5.94. The molecule has 5 heteroatoms. The van der Waals surface area contributed by atoms with Crippen molar-refractivity contribution < 1.29 is 9.53 Å². The minimum atomic E-state index is -0.502. The van der Waals surface area contributed by atoms with Crippen molar-refractivity contribution in [3.63, 3.8) is 0 Å². The molecule has 0 fully saturated rings. The summed E-state index contributed by atoms with van der Waals surface area (Å²) in [6.45, 7) is 5.52. The number of nitrogens with two attached hydrogens (primary N) is 1. The van der Waals surface area contributed by atoms with E-state index >= 15 is 0 Å². The van der Waals surface area contributed by atoms with Crippen molar-refractivity contribution in [3.05, 3.63) is 23.8 Å². The summed E-state index contributed by atoms with van der Waals surface area (Å²) in [4.78, 5) is 16.1. The van der Waals surface area contributed by atoms with Crippen LogP contribution in [0.5, 0.6) is 0 Å². The Kier molecular flexibility index (Phi) is 2.77. The molecule has 0 spiro atoms. The molecule has 0 radical (unpaired) electrons. The molecule has 2 aromatic rings. The van der Waals surface area contributed by atoms with Gasteiger partial charge in [0.2, 0.25) is 5.95 Å². The first-order chi connectivity index (χ1) is 8.28. The third kappa shape index (κ3) is 2.30. The van der Waals surface area contributed by atoms with Crippen molar-refractivity contribution >= 4 is 23.0 Å². The second-order valence-electron chi connectivity index (χ2n) is 5.23. The van der Waals surface area contributed by atoms with E-state index in [4.69, 9.17) is 10.5 Å². The second kappa shape index (κ2) is 4.01. The maximum absolute atomic E-state index is 11.9. The molecule has 0 saturated heterocycles. The monoisotopic (exact) mass is 247 g/mol. The molecule has 0 aliphatic rings. The molecule has 96 valence electrons. The smallest absolute Gasteiger partial charge is 0.338 e. The van der Waals surface area contributed by atoms with Crippen molar-refractivity contribution in [2.75, 3.05) is 5.73 Å². The fourth-order valence-electron chi connectivity index (χ4n) is 1.67. The van der Waals surface area contributed by atoms with Gasteiger partial charge in [-0.2, -0.15) is 0 Å². The molecule has 0 saturated carbocycles. The number of ether oxygens (including phenoxy) is 1. The number of nitrogen functional groups attached to an aromatic ring is 1. The molecule has 0 unspecified atom stereocenters. The van der Waals surface area contributed by atoms with Crippen LogP contribution in [0, 0.1) is 0 Å². The molecule has 2 N–H and O–H groups in total. The zero-order valence-electron chi connectivity index (χ0n) is 11.0. The Labute approximate surface area is 106 Å². The average molecular weight is 247 g/mol. The second-order valence-corrected chi connectivity index (χ2v) is 5.23. The number of anilines is 1. The SMILES string of the molecule is Cn1c(N)nc2ccc(C(=O)OC(C)(C)C)cc21. The van der Waals surface area contributed by atoms with Gasteiger partial charge < -0.3 is 15.0 Å². The summed E-state index contributed by atoms with van der Waals surface area (Å²) in [6, 6.07) is 5.21. The highest BCUT2D eigenvalue weighted by Gasteiger charge is 2.18. The van der Waals surface area contributed by atoms with Gasteiger partial charge in [0.05, 0.1) is 16.6 Å². The van der Waals surface area contributed by atoms with Gasteiger partial charge in [0.15, 0.2) is 0 Å². The number of esters is 1. The van der Waals surface area contributed by atoms with E-state index in [-0.39, 0.29) is 5.97 Å². The van der Waals surface area contributed by atoms with E-state index in [9.17, 15) is 4.79 Å². The van der Waals surface area contributed by atoms with E-state index in [1.807, 2.05) is 27.8 Å². The number of carbonyl (C=O) groups excluding carboxylic acids is 1. The van der Waals surface area contributed by atoms with E-state index < -0.39 is 5.60 Å². The van der Waals surface area contributed by atoms with Crippen LogP contribution >= 0.6 is 0 Å². The van der Waals surface area contributed by atoms with Gasteiger partial charge in [-0.25, -0.2) is 9.78 Å². The molecule has 0 amide bonds. The fourth-order valence-corrected chi connectivity index (χ4v) is 1.67. The van der Waals surface area contributed by atoms with Crippen LogP contribution in [0.15, 0.2) is 18.2 Å². The van der Waals surface area contributed by atoms with Crippen molar-refractivity contribution in [1.29, 1.82) is 0 Å². The number of hydrogen-bond acceptors (Lipinski definition) is 4. The molecule has 5 nitrogen and oxygen atoms in total. The van der Waals surface area contributed by atoms with Crippen molar-refractivity contribution in [3.8, 4) is 0 Å². The zero-order valence-corrected chi connectivity index (χ0v) is 11.0. The Bertz CT molecular complexity index is 608. The van der Waals surface area contributed by atoms with Crippen LogP contribution in [0.1, 0.15) is 31.1 Å². The van der Waals surface area contributed by atoms with Crippen LogP contribution in [0.25, 0.3) is 11.0 Å². The van der Waals surface area contributed by atoms with Gasteiger partial charge >= 0.3 is 5.97 Å². The standard InChI is InChI=1S/C13H17N3O2/c1-13(2,3)18-11(17)8-5-6-9-10(7-8)16(4)12(14)15-9/h5-7H,1-4H3,(H2,14,15). The molecule has 1 aromatic heterocycles. The number of hydrogen-bond donors (Lipinski definition) is 1. The third-order valence-electron chi connectivity index (χ3n) is 2.55. The van der Waals surface area contributed by atoms with E-state index in [1.165, 1.54) is 0 Å². The number of carbonyl (C=O) groups is 1. The Morgan fingerprint density at radius 1 is 1.39 bits per heavy atom. The van der Waals surface area contributed by atoms with Crippen LogP contribution in [0.3, 0.4) is 0 Å². The maximum atomic E-state index is 11.9. The van der Waals surface area contributed by atoms with Crippen LogP contribution < -0.4 is 5.73 Å². The largest absolute Gasteiger partial charge is 0.456 e. The van der Waals surface area contributed by atoms with Crippen LogP contribution in [-0.4, -0.2) is 21.1 Å². The van der Waals surface area contributed by atoms with Crippen molar-refractivity contribution in [2.45, 2.75) is 26.4 Å². The average Bonchev–Trinajstić information content (AvgIpc) is 2.52. The summed E-state index contributed by atoms with van der Waals surface area (Å²) < 4.78 is 7.06. The molecular formula is C13H17N3O2. The minimum absolute atomic E-state index is 0.343. The highest BCUT2D eigenvalue weighted by atomic mass is 16.6. The first-order valence-corrected chi connectivity index (χ1v) is 5.73. The number of aromatic nitrogens is 2. The van der Waals surface area contributed by atoms with Gasteiger partial charge in [0.1, 0.15) is 5.60 Å². The molecule has 0 atom stereocenters. The third-order valence-corrected chi connectivity index (χ3v) is 2.55. The van der Waals surface area contributed by atoms with E-state index in [2.05, 4.69) is 4.98 Å². The summed E-state index contributed by atoms with van der Waals surface area (Å²) in [5.74, 6) is 0.0792. The van der Waals surface area contributed by atoms with Crippen LogP contribution in [0.4, 0.5) is 5.95 Å². The molecule has 0 bridgehead atoms. The number of rotatable bonds is 1. The molecule has 18 heavy (non-hydrogen) atoms. The normalized spacial score (nSPS) is 11.8. The van der Waals surface area contributed by atoms with Gasteiger partial charge in [-0.05, 0) is 39.0 Å². The summed E-state index contributed by atoms with van der Waals surface area (Å²) in [5, 5.41) is 0. The number of benzene rings is 1. The van der Waals surface area contributed by atoms with Crippen molar-refractivity contribution in [2.24, 2.45) is 7.05 Å². The van der Waals surface area contributed by atoms with Gasteiger partial charge in [0, 0.05) is 7.05 Å². The lowest BCUT2D eigenvalue weighted by Crippen LogP contribution is -2.23. The number of aryl methyl sites for hydroxylation is 1. The quantitative estimate of drug-likeness (QED) is 0.783. The van der Waals surface area contributed by atoms with E-state index in [0.29, 0.717) is 11.5 Å². The minimum Gasteiger partial charge on any atom is -0.456 e. The van der Waals surface area contributed by atoms with Crippen LogP contribution in [-0.2, 0) is 11.8 Å².